The van der Waals surface area contributed by atoms with Crippen LogP contribution in [0.5, 0.6) is 0 Å². The smallest absolute Gasteiger partial charge is 0.247 e. The van der Waals surface area contributed by atoms with Crippen molar-refractivity contribution in [2.75, 3.05) is 7.05 Å². The highest BCUT2D eigenvalue weighted by atomic mass is 32.1. The molecule has 1 fully saturated rings. The van der Waals surface area contributed by atoms with Crippen LogP contribution in [0, 0.1) is 0 Å². The Balaban J connectivity index is 1.68. The molecule has 1 aromatic heterocycles. The zero-order chi connectivity index (χ0) is 15.5. The highest BCUT2D eigenvalue weighted by molar-refractivity contribution is 7.07. The van der Waals surface area contributed by atoms with Crippen LogP contribution in [0.4, 0.5) is 0 Å². The van der Waals surface area contributed by atoms with E-state index in [1.165, 1.54) is 10.5 Å². The van der Waals surface area contributed by atoms with E-state index < -0.39 is 0 Å². The van der Waals surface area contributed by atoms with Crippen LogP contribution in [0.25, 0.3) is 0 Å². The van der Waals surface area contributed by atoms with Crippen molar-refractivity contribution in [3.63, 3.8) is 0 Å². The van der Waals surface area contributed by atoms with E-state index >= 15 is 0 Å². The Morgan fingerprint density at radius 2 is 1.95 bits per heavy atom. The Labute approximate surface area is 134 Å². The standard InChI is InChI=1S/C17H18N2O2S/c1-18(10-14-7-8-22-12-14)15-9-16(20)19(17(15)21)11-13-5-3-2-4-6-13/h2-8,12,15H,9-11H2,1H3. The number of likely N-dealkylation sites (N-methyl/N-ethyl adjacent to an activating group) is 1. The summed E-state index contributed by atoms with van der Waals surface area (Å²) < 4.78 is 0. The molecule has 2 amide bonds. The summed E-state index contributed by atoms with van der Waals surface area (Å²) in [7, 11) is 1.90. The van der Waals surface area contributed by atoms with E-state index in [0.29, 0.717) is 13.1 Å². The van der Waals surface area contributed by atoms with Crippen LogP contribution >= 0.6 is 11.3 Å². The number of likely N-dealkylation sites (tertiary alicyclic amines) is 1. The molecule has 0 bridgehead atoms. The number of hydrogen-bond acceptors (Lipinski definition) is 4. The second-order valence-electron chi connectivity index (χ2n) is 5.57. The Kier molecular flexibility index (Phi) is 4.36. The topological polar surface area (TPSA) is 40.6 Å². The molecule has 22 heavy (non-hydrogen) atoms. The molecule has 0 aliphatic carbocycles. The van der Waals surface area contributed by atoms with Gasteiger partial charge in [0.25, 0.3) is 0 Å². The van der Waals surface area contributed by atoms with E-state index in [2.05, 4.69) is 5.38 Å². The van der Waals surface area contributed by atoms with Gasteiger partial charge in [-0.2, -0.15) is 11.3 Å². The number of carbonyl (C=O) groups excluding carboxylic acids is 2. The maximum atomic E-state index is 12.6. The molecule has 1 aliphatic rings. The van der Waals surface area contributed by atoms with Crippen molar-refractivity contribution in [1.82, 2.24) is 9.80 Å². The first-order valence-electron chi connectivity index (χ1n) is 7.24. The number of rotatable bonds is 5. The zero-order valence-corrected chi connectivity index (χ0v) is 13.3. The molecule has 3 rings (SSSR count). The molecule has 1 atom stereocenters. The van der Waals surface area contributed by atoms with Crippen molar-refractivity contribution in [3.05, 3.63) is 58.3 Å². The molecular formula is C17H18N2O2S. The monoisotopic (exact) mass is 314 g/mol. The molecule has 2 aromatic rings. The summed E-state index contributed by atoms with van der Waals surface area (Å²) in [6.07, 6.45) is 0.270. The minimum Gasteiger partial charge on any atom is -0.290 e. The van der Waals surface area contributed by atoms with Gasteiger partial charge in [-0.15, -0.1) is 0 Å². The van der Waals surface area contributed by atoms with Crippen molar-refractivity contribution < 1.29 is 9.59 Å². The molecule has 1 aliphatic heterocycles. The molecule has 5 heteroatoms. The molecule has 1 saturated heterocycles. The van der Waals surface area contributed by atoms with E-state index in [-0.39, 0.29) is 24.3 Å². The third-order valence-electron chi connectivity index (χ3n) is 3.95. The average Bonchev–Trinajstić information content (AvgIpc) is 3.11. The third kappa shape index (κ3) is 3.10. The summed E-state index contributed by atoms with van der Waals surface area (Å²) in [5, 5.41) is 4.09. The molecule has 0 radical (unpaired) electrons. The van der Waals surface area contributed by atoms with Crippen molar-refractivity contribution in [1.29, 1.82) is 0 Å². The fourth-order valence-electron chi connectivity index (χ4n) is 2.72. The van der Waals surface area contributed by atoms with Crippen LogP contribution in [0.1, 0.15) is 17.5 Å². The van der Waals surface area contributed by atoms with E-state index in [0.717, 1.165) is 5.56 Å². The van der Waals surface area contributed by atoms with Gasteiger partial charge < -0.3 is 0 Å². The predicted octanol–water partition coefficient (Wildman–Crippen LogP) is 2.51. The largest absolute Gasteiger partial charge is 0.290 e. The quantitative estimate of drug-likeness (QED) is 0.796. The Morgan fingerprint density at radius 1 is 1.18 bits per heavy atom. The lowest BCUT2D eigenvalue weighted by atomic mass is 10.2. The molecule has 4 nitrogen and oxygen atoms in total. The molecule has 0 saturated carbocycles. The summed E-state index contributed by atoms with van der Waals surface area (Å²) >= 11 is 1.64. The van der Waals surface area contributed by atoms with Gasteiger partial charge in [0.15, 0.2) is 0 Å². The highest BCUT2D eigenvalue weighted by Gasteiger charge is 2.40. The number of amides is 2. The lowest BCUT2D eigenvalue weighted by molar-refractivity contribution is -0.140. The first-order valence-corrected chi connectivity index (χ1v) is 8.19. The fraction of sp³-hybridized carbons (Fsp3) is 0.294. The predicted molar refractivity (Wildman–Crippen MR) is 86.2 cm³/mol. The van der Waals surface area contributed by atoms with Gasteiger partial charge in [-0.3, -0.25) is 19.4 Å². The van der Waals surface area contributed by atoms with Gasteiger partial charge in [0.1, 0.15) is 0 Å². The lowest BCUT2D eigenvalue weighted by Crippen LogP contribution is -2.39. The molecule has 114 valence electrons. The van der Waals surface area contributed by atoms with Gasteiger partial charge in [0, 0.05) is 6.54 Å². The van der Waals surface area contributed by atoms with Crippen LogP contribution in [0.15, 0.2) is 47.2 Å². The van der Waals surface area contributed by atoms with Gasteiger partial charge in [-0.25, -0.2) is 0 Å². The van der Waals surface area contributed by atoms with E-state index in [1.807, 2.05) is 53.7 Å². The lowest BCUT2D eigenvalue weighted by Gasteiger charge is -2.22. The molecule has 1 unspecified atom stereocenters. The van der Waals surface area contributed by atoms with Crippen LogP contribution in [0.3, 0.4) is 0 Å². The van der Waals surface area contributed by atoms with Crippen molar-refractivity contribution in [3.8, 4) is 0 Å². The van der Waals surface area contributed by atoms with Gasteiger partial charge in [0.2, 0.25) is 11.8 Å². The number of carbonyl (C=O) groups is 2. The number of hydrogen-bond donors (Lipinski definition) is 0. The number of imide groups is 1. The normalized spacial score (nSPS) is 18.5. The Morgan fingerprint density at radius 3 is 2.64 bits per heavy atom. The molecule has 2 heterocycles. The van der Waals surface area contributed by atoms with Gasteiger partial charge in [-0.1, -0.05) is 30.3 Å². The van der Waals surface area contributed by atoms with Gasteiger partial charge in [0.05, 0.1) is 19.0 Å². The third-order valence-corrected chi connectivity index (χ3v) is 4.68. The summed E-state index contributed by atoms with van der Waals surface area (Å²) in [6, 6.07) is 11.3. The SMILES string of the molecule is CN(Cc1ccsc1)C1CC(=O)N(Cc2ccccc2)C1=O. The second-order valence-corrected chi connectivity index (χ2v) is 6.35. The van der Waals surface area contributed by atoms with Crippen LogP contribution in [0.2, 0.25) is 0 Å². The van der Waals surface area contributed by atoms with Crippen LogP contribution < -0.4 is 0 Å². The second kappa shape index (κ2) is 6.42. The average molecular weight is 314 g/mol. The number of thiophene rings is 1. The summed E-state index contributed by atoms with van der Waals surface area (Å²) in [5.74, 6) is -0.178. The first-order chi connectivity index (χ1) is 10.6. The minimum atomic E-state index is -0.351. The van der Waals surface area contributed by atoms with Gasteiger partial charge in [-0.05, 0) is 35.0 Å². The highest BCUT2D eigenvalue weighted by Crippen LogP contribution is 2.22. The Bertz CT molecular complexity index is 655. The fourth-order valence-corrected chi connectivity index (χ4v) is 3.38. The molecule has 1 aromatic carbocycles. The number of nitrogens with zero attached hydrogens (tertiary/aromatic N) is 2. The first kappa shape index (κ1) is 14.9. The summed E-state index contributed by atoms with van der Waals surface area (Å²) in [5.41, 5.74) is 2.15. The molecule has 0 spiro atoms. The Hall–Kier alpha value is -1.98. The van der Waals surface area contributed by atoms with Crippen molar-refractivity contribution in [2.24, 2.45) is 0 Å². The summed E-state index contributed by atoms with van der Waals surface area (Å²) in [6.45, 7) is 1.05. The van der Waals surface area contributed by atoms with Crippen LogP contribution in [-0.4, -0.2) is 34.7 Å². The van der Waals surface area contributed by atoms with E-state index in [9.17, 15) is 9.59 Å². The van der Waals surface area contributed by atoms with Crippen molar-refractivity contribution in [2.45, 2.75) is 25.6 Å². The van der Waals surface area contributed by atoms with Gasteiger partial charge >= 0.3 is 0 Å². The van der Waals surface area contributed by atoms with Crippen molar-refractivity contribution >= 4 is 23.2 Å². The van der Waals surface area contributed by atoms with Crippen LogP contribution in [-0.2, 0) is 22.7 Å². The minimum absolute atomic E-state index is 0.0870. The maximum Gasteiger partial charge on any atom is 0.247 e. The maximum absolute atomic E-state index is 12.6. The van der Waals surface area contributed by atoms with E-state index in [1.54, 1.807) is 11.3 Å². The molecular weight excluding hydrogens is 296 g/mol. The zero-order valence-electron chi connectivity index (χ0n) is 12.4. The summed E-state index contributed by atoms with van der Waals surface area (Å²) in [4.78, 5) is 28.1. The van der Waals surface area contributed by atoms with E-state index in [4.69, 9.17) is 0 Å². The molecule has 0 N–H and O–H groups in total. The number of benzene rings is 1.